The fourth-order valence-electron chi connectivity index (χ4n) is 1.78. The zero-order chi connectivity index (χ0) is 16.3. The zero-order valence-corrected chi connectivity index (χ0v) is 14.3. The van der Waals surface area contributed by atoms with Crippen molar-refractivity contribution in [3.63, 3.8) is 0 Å². The van der Waals surface area contributed by atoms with E-state index in [0.717, 1.165) is 5.56 Å². The van der Waals surface area contributed by atoms with Crippen molar-refractivity contribution in [1.29, 1.82) is 0 Å². The number of carbonyl (C=O) groups excluding carboxylic acids is 1. The van der Waals surface area contributed by atoms with E-state index in [0.29, 0.717) is 15.2 Å². The molecule has 0 heterocycles. The molecule has 22 heavy (non-hydrogen) atoms. The smallest absolute Gasteiger partial charge is 0.265 e. The van der Waals surface area contributed by atoms with Crippen LogP contribution in [-0.2, 0) is 4.79 Å². The summed E-state index contributed by atoms with van der Waals surface area (Å²) in [6.07, 6.45) is -0.853. The number of rotatable bonds is 4. The minimum atomic E-state index is -0.853. The highest BCUT2D eigenvalue weighted by molar-refractivity contribution is 9.10. The number of halogens is 3. The molecule has 0 radical (unpaired) electrons. The van der Waals surface area contributed by atoms with Crippen LogP contribution in [0, 0.1) is 12.7 Å². The van der Waals surface area contributed by atoms with E-state index >= 15 is 0 Å². The van der Waals surface area contributed by atoms with Gasteiger partial charge in [-0.2, -0.15) is 0 Å². The molecule has 1 amide bonds. The van der Waals surface area contributed by atoms with Gasteiger partial charge in [-0.1, -0.05) is 33.6 Å². The molecule has 0 aromatic heterocycles. The lowest BCUT2D eigenvalue weighted by molar-refractivity contribution is -0.122. The number of hydrogen-bond donors (Lipinski definition) is 1. The van der Waals surface area contributed by atoms with Crippen molar-refractivity contribution in [2.45, 2.75) is 20.0 Å². The molecule has 6 heteroatoms. The van der Waals surface area contributed by atoms with Gasteiger partial charge in [0.25, 0.3) is 5.91 Å². The van der Waals surface area contributed by atoms with E-state index in [4.69, 9.17) is 16.3 Å². The fraction of sp³-hybridized carbons (Fsp3) is 0.188. The summed E-state index contributed by atoms with van der Waals surface area (Å²) < 4.78 is 19.7. The Balaban J connectivity index is 2.07. The van der Waals surface area contributed by atoms with E-state index in [1.165, 1.54) is 12.1 Å². The first-order valence-corrected chi connectivity index (χ1v) is 7.72. The van der Waals surface area contributed by atoms with Gasteiger partial charge < -0.3 is 10.1 Å². The lowest BCUT2D eigenvalue weighted by Gasteiger charge is -2.16. The maximum atomic E-state index is 13.7. The quantitative estimate of drug-likeness (QED) is 0.807. The summed E-state index contributed by atoms with van der Waals surface area (Å²) in [7, 11) is 0. The number of hydrogen-bond acceptors (Lipinski definition) is 2. The fourth-order valence-corrected chi connectivity index (χ4v) is 2.28. The third-order valence-corrected chi connectivity index (χ3v) is 3.75. The average Bonchev–Trinajstić information content (AvgIpc) is 2.45. The summed E-state index contributed by atoms with van der Waals surface area (Å²) in [5, 5.41) is 3.24. The Morgan fingerprint density at radius 2 is 2.05 bits per heavy atom. The van der Waals surface area contributed by atoms with Crippen LogP contribution in [0.2, 0.25) is 5.02 Å². The average molecular weight is 387 g/mol. The van der Waals surface area contributed by atoms with E-state index < -0.39 is 11.9 Å². The Bertz CT molecular complexity index is 709. The number of carbonyl (C=O) groups is 1. The Morgan fingerprint density at radius 1 is 1.32 bits per heavy atom. The monoisotopic (exact) mass is 385 g/mol. The predicted octanol–water partition coefficient (Wildman–Crippen LogP) is 4.96. The van der Waals surface area contributed by atoms with Gasteiger partial charge in [0.1, 0.15) is 0 Å². The molecule has 0 spiro atoms. The lowest BCUT2D eigenvalue weighted by atomic mass is 10.2. The van der Waals surface area contributed by atoms with Crippen molar-refractivity contribution in [3.8, 4) is 5.75 Å². The second-order valence-corrected chi connectivity index (χ2v) is 6.14. The van der Waals surface area contributed by atoms with Crippen molar-refractivity contribution in [3.05, 3.63) is 57.3 Å². The molecular formula is C16H14BrClFNO2. The molecule has 1 N–H and O–H groups in total. The first-order valence-electron chi connectivity index (χ1n) is 6.55. The van der Waals surface area contributed by atoms with Crippen LogP contribution in [0.3, 0.4) is 0 Å². The molecule has 2 rings (SSSR count). The van der Waals surface area contributed by atoms with Gasteiger partial charge in [-0.05, 0) is 49.7 Å². The number of amides is 1. The van der Waals surface area contributed by atoms with E-state index in [9.17, 15) is 9.18 Å². The van der Waals surface area contributed by atoms with Crippen molar-refractivity contribution in [2.24, 2.45) is 0 Å². The Hall–Kier alpha value is -1.59. The number of nitrogens with one attached hydrogen (secondary N) is 1. The molecule has 0 bridgehead atoms. The summed E-state index contributed by atoms with van der Waals surface area (Å²) in [6, 6.07) is 9.59. The van der Waals surface area contributed by atoms with Crippen LogP contribution in [0.25, 0.3) is 0 Å². The van der Waals surface area contributed by atoms with Crippen LogP contribution >= 0.6 is 27.5 Å². The van der Waals surface area contributed by atoms with E-state index in [1.807, 2.05) is 6.92 Å². The van der Waals surface area contributed by atoms with E-state index in [2.05, 4.69) is 21.2 Å². The van der Waals surface area contributed by atoms with E-state index in [1.54, 1.807) is 31.2 Å². The number of aryl methyl sites for hydroxylation is 1. The molecule has 0 saturated heterocycles. The van der Waals surface area contributed by atoms with Crippen LogP contribution in [0.1, 0.15) is 12.5 Å². The summed E-state index contributed by atoms with van der Waals surface area (Å²) in [6.45, 7) is 3.41. The molecule has 0 aliphatic rings. The molecule has 0 aliphatic heterocycles. The standard InChI is InChI=1S/C16H14BrClFNO2/c1-9-3-5-12(18)8-14(9)20-16(21)10(2)22-15-6-4-11(17)7-13(15)19/h3-8,10H,1-2H3,(H,20,21)/t10-/m1/s1. The summed E-state index contributed by atoms with van der Waals surface area (Å²) in [5.41, 5.74) is 1.48. The van der Waals surface area contributed by atoms with Crippen LogP contribution in [0.15, 0.2) is 40.9 Å². The third-order valence-electron chi connectivity index (χ3n) is 3.02. The van der Waals surface area contributed by atoms with Crippen molar-refractivity contribution < 1.29 is 13.9 Å². The second-order valence-electron chi connectivity index (χ2n) is 4.78. The van der Waals surface area contributed by atoms with Gasteiger partial charge in [-0.15, -0.1) is 0 Å². The molecule has 0 saturated carbocycles. The first-order chi connectivity index (χ1) is 10.4. The summed E-state index contributed by atoms with van der Waals surface area (Å²) >= 11 is 9.07. The minimum Gasteiger partial charge on any atom is -0.478 e. The molecular weight excluding hydrogens is 373 g/mol. The topological polar surface area (TPSA) is 38.3 Å². The van der Waals surface area contributed by atoms with Gasteiger partial charge in [0.15, 0.2) is 17.7 Å². The van der Waals surface area contributed by atoms with Crippen LogP contribution in [-0.4, -0.2) is 12.0 Å². The van der Waals surface area contributed by atoms with Crippen LogP contribution in [0.5, 0.6) is 5.75 Å². The highest BCUT2D eigenvalue weighted by Crippen LogP contribution is 2.24. The van der Waals surface area contributed by atoms with E-state index in [-0.39, 0.29) is 11.7 Å². The van der Waals surface area contributed by atoms with Gasteiger partial charge in [-0.3, -0.25) is 4.79 Å². The summed E-state index contributed by atoms with van der Waals surface area (Å²) in [5.74, 6) is -0.894. The number of anilines is 1. The Kier molecular flexibility index (Phi) is 5.42. The van der Waals surface area contributed by atoms with Crippen LogP contribution < -0.4 is 10.1 Å². The molecule has 2 aromatic rings. The molecule has 0 aliphatic carbocycles. The zero-order valence-electron chi connectivity index (χ0n) is 12.0. The molecule has 0 unspecified atom stereocenters. The maximum Gasteiger partial charge on any atom is 0.265 e. The number of ether oxygens (including phenoxy) is 1. The van der Waals surface area contributed by atoms with Crippen molar-refractivity contribution in [2.75, 3.05) is 5.32 Å². The normalized spacial score (nSPS) is 11.9. The number of benzene rings is 2. The van der Waals surface area contributed by atoms with Gasteiger partial charge in [0.2, 0.25) is 0 Å². The largest absolute Gasteiger partial charge is 0.478 e. The molecule has 116 valence electrons. The molecule has 2 aromatic carbocycles. The molecule has 0 fully saturated rings. The SMILES string of the molecule is Cc1ccc(Cl)cc1NC(=O)[C@@H](C)Oc1ccc(Br)cc1F. The van der Waals surface area contributed by atoms with Gasteiger partial charge >= 0.3 is 0 Å². The van der Waals surface area contributed by atoms with Gasteiger partial charge in [0.05, 0.1) is 0 Å². The van der Waals surface area contributed by atoms with Crippen molar-refractivity contribution >= 4 is 39.1 Å². The third kappa shape index (κ3) is 4.21. The highest BCUT2D eigenvalue weighted by Gasteiger charge is 2.17. The predicted molar refractivity (Wildman–Crippen MR) is 89.0 cm³/mol. The Labute approximate surface area is 141 Å². The first kappa shape index (κ1) is 16.8. The minimum absolute atomic E-state index is 0.0219. The molecule has 3 nitrogen and oxygen atoms in total. The highest BCUT2D eigenvalue weighted by atomic mass is 79.9. The Morgan fingerprint density at radius 3 is 2.73 bits per heavy atom. The molecule has 1 atom stereocenters. The van der Waals surface area contributed by atoms with Crippen molar-refractivity contribution in [1.82, 2.24) is 0 Å². The van der Waals surface area contributed by atoms with Gasteiger partial charge in [0, 0.05) is 15.2 Å². The van der Waals surface area contributed by atoms with Gasteiger partial charge in [-0.25, -0.2) is 4.39 Å². The lowest BCUT2D eigenvalue weighted by Crippen LogP contribution is -2.30. The maximum absolute atomic E-state index is 13.7. The summed E-state index contributed by atoms with van der Waals surface area (Å²) in [4.78, 5) is 12.1. The second kappa shape index (κ2) is 7.11. The van der Waals surface area contributed by atoms with Crippen LogP contribution in [0.4, 0.5) is 10.1 Å².